The van der Waals surface area contributed by atoms with Gasteiger partial charge in [0.15, 0.2) is 23.2 Å². The number of fused-ring (bicyclic) bond motifs is 2. The van der Waals surface area contributed by atoms with Gasteiger partial charge in [0, 0.05) is 30.8 Å². The molecule has 0 aliphatic carbocycles. The van der Waals surface area contributed by atoms with Crippen molar-refractivity contribution in [2.75, 3.05) is 22.7 Å². The zero-order valence-electron chi connectivity index (χ0n) is 19.3. The van der Waals surface area contributed by atoms with E-state index in [0.717, 1.165) is 10.2 Å². The summed E-state index contributed by atoms with van der Waals surface area (Å²) < 4.78 is 53.5. The second-order valence-corrected chi connectivity index (χ2v) is 8.63. The Morgan fingerprint density at radius 2 is 1.86 bits per heavy atom. The summed E-state index contributed by atoms with van der Waals surface area (Å²) in [4.78, 5) is 24.3. The first-order valence-corrected chi connectivity index (χ1v) is 11.1. The molecule has 12 heteroatoms. The van der Waals surface area contributed by atoms with Crippen molar-refractivity contribution in [1.82, 2.24) is 9.78 Å². The van der Waals surface area contributed by atoms with Crippen LogP contribution in [0.1, 0.15) is 47.0 Å². The summed E-state index contributed by atoms with van der Waals surface area (Å²) in [5, 5.41) is 12.3. The molecule has 0 saturated carbocycles. The Balaban J connectivity index is 1.41. The number of hydrogen-bond acceptors (Lipinski definition) is 6. The Kier molecular flexibility index (Phi) is 5.73. The standard InChI is InChI=1S/C24H22F3N5O4/c1-12-3-5-15(8-16(12)28-13(2)33)29-23(34)18-10-22-30-17(9-21(24(25,26)27)32(22)31-18)14-4-6-19-20(7-14)36-11-35-19/h3-8,10,17,21,30H,9,11H2,1-2H3,(H,28,33)(H,29,34)/t17-,21+/m1/s1. The highest BCUT2D eigenvalue weighted by Crippen LogP contribution is 2.45. The third-order valence-electron chi connectivity index (χ3n) is 6.03. The molecule has 0 unspecified atom stereocenters. The molecule has 2 amide bonds. The summed E-state index contributed by atoms with van der Waals surface area (Å²) in [5.41, 5.74) is 2.07. The van der Waals surface area contributed by atoms with Crippen molar-refractivity contribution in [2.24, 2.45) is 0 Å². The lowest BCUT2D eigenvalue weighted by molar-refractivity contribution is -0.173. The molecule has 0 bridgehead atoms. The van der Waals surface area contributed by atoms with E-state index in [1.165, 1.54) is 13.0 Å². The average Bonchev–Trinajstić information content (AvgIpc) is 3.46. The zero-order valence-corrected chi connectivity index (χ0v) is 19.3. The predicted molar refractivity (Wildman–Crippen MR) is 124 cm³/mol. The molecule has 3 aromatic rings. The normalized spacial score (nSPS) is 18.2. The van der Waals surface area contributed by atoms with Crippen molar-refractivity contribution in [1.29, 1.82) is 0 Å². The Hall–Kier alpha value is -4.22. The van der Waals surface area contributed by atoms with Gasteiger partial charge in [-0.2, -0.15) is 18.3 Å². The van der Waals surface area contributed by atoms with Crippen molar-refractivity contribution in [2.45, 2.75) is 38.5 Å². The number of anilines is 3. The zero-order chi connectivity index (χ0) is 25.6. The van der Waals surface area contributed by atoms with Crippen molar-refractivity contribution >= 4 is 29.0 Å². The Morgan fingerprint density at radius 1 is 1.08 bits per heavy atom. The highest BCUT2D eigenvalue weighted by atomic mass is 19.4. The van der Waals surface area contributed by atoms with E-state index in [2.05, 4.69) is 21.0 Å². The lowest BCUT2D eigenvalue weighted by Gasteiger charge is -2.33. The summed E-state index contributed by atoms with van der Waals surface area (Å²) in [6.07, 6.45) is -4.91. The molecule has 3 heterocycles. The van der Waals surface area contributed by atoms with Gasteiger partial charge in [0.2, 0.25) is 12.7 Å². The molecule has 0 radical (unpaired) electrons. The van der Waals surface area contributed by atoms with Crippen LogP contribution in [0.2, 0.25) is 0 Å². The minimum atomic E-state index is -4.59. The number of alkyl halides is 3. The van der Waals surface area contributed by atoms with Gasteiger partial charge in [0.05, 0.1) is 6.04 Å². The van der Waals surface area contributed by atoms with Crippen LogP contribution in [-0.2, 0) is 4.79 Å². The lowest BCUT2D eigenvalue weighted by atomic mass is 9.96. The van der Waals surface area contributed by atoms with Crippen molar-refractivity contribution < 1.29 is 32.2 Å². The fourth-order valence-corrected chi connectivity index (χ4v) is 4.25. The molecule has 2 aromatic carbocycles. The number of nitrogens with zero attached hydrogens (tertiary/aromatic N) is 2. The molecule has 5 rings (SSSR count). The molecule has 2 aliphatic rings. The maximum Gasteiger partial charge on any atom is 0.410 e. The number of aromatic nitrogens is 2. The fourth-order valence-electron chi connectivity index (χ4n) is 4.25. The summed E-state index contributed by atoms with van der Waals surface area (Å²) >= 11 is 0. The lowest BCUT2D eigenvalue weighted by Crippen LogP contribution is -2.35. The van der Waals surface area contributed by atoms with Gasteiger partial charge in [-0.15, -0.1) is 0 Å². The molecule has 36 heavy (non-hydrogen) atoms. The topological polar surface area (TPSA) is 107 Å². The monoisotopic (exact) mass is 501 g/mol. The molecule has 1 aromatic heterocycles. The van der Waals surface area contributed by atoms with Crippen LogP contribution in [0.15, 0.2) is 42.5 Å². The second-order valence-electron chi connectivity index (χ2n) is 8.63. The quantitative estimate of drug-likeness (QED) is 0.475. The van der Waals surface area contributed by atoms with E-state index in [-0.39, 0.29) is 30.6 Å². The number of aryl methyl sites for hydroxylation is 1. The highest BCUT2D eigenvalue weighted by Gasteiger charge is 2.47. The van der Waals surface area contributed by atoms with Crippen LogP contribution in [0.5, 0.6) is 11.5 Å². The number of ether oxygens (including phenoxy) is 2. The Labute approximate surface area is 203 Å². The van der Waals surface area contributed by atoms with Crippen LogP contribution in [0, 0.1) is 6.92 Å². The van der Waals surface area contributed by atoms with Crippen LogP contribution < -0.4 is 25.4 Å². The summed E-state index contributed by atoms with van der Waals surface area (Å²) in [6, 6.07) is 8.55. The van der Waals surface area contributed by atoms with Crippen LogP contribution in [0.4, 0.5) is 30.4 Å². The second kappa shape index (κ2) is 8.77. The van der Waals surface area contributed by atoms with E-state index in [9.17, 15) is 22.8 Å². The third kappa shape index (κ3) is 4.53. The molecule has 2 aliphatic heterocycles. The van der Waals surface area contributed by atoms with Crippen LogP contribution in [0.3, 0.4) is 0 Å². The summed E-state index contributed by atoms with van der Waals surface area (Å²) in [5.74, 6) is 0.109. The number of carbonyl (C=O) groups is 2. The summed E-state index contributed by atoms with van der Waals surface area (Å²) in [6.45, 7) is 3.21. The summed E-state index contributed by atoms with van der Waals surface area (Å²) in [7, 11) is 0. The SMILES string of the molecule is CC(=O)Nc1cc(NC(=O)c2cc3n(n2)[C@H](C(F)(F)F)C[C@H](c2ccc4c(c2)OCO4)N3)ccc1C. The maximum absolute atomic E-state index is 14.0. The number of carbonyl (C=O) groups excluding carboxylic acids is 2. The van der Waals surface area contributed by atoms with Gasteiger partial charge in [-0.05, 0) is 42.3 Å². The maximum atomic E-state index is 14.0. The highest BCUT2D eigenvalue weighted by molar-refractivity contribution is 6.04. The van der Waals surface area contributed by atoms with E-state index >= 15 is 0 Å². The fraction of sp³-hybridized carbons (Fsp3) is 0.292. The van der Waals surface area contributed by atoms with Crippen molar-refractivity contribution in [3.63, 3.8) is 0 Å². The van der Waals surface area contributed by atoms with E-state index in [1.807, 2.05) is 0 Å². The van der Waals surface area contributed by atoms with Gasteiger partial charge in [0.1, 0.15) is 5.82 Å². The van der Waals surface area contributed by atoms with Gasteiger partial charge in [0.25, 0.3) is 5.91 Å². The van der Waals surface area contributed by atoms with Crippen LogP contribution in [0.25, 0.3) is 0 Å². The minimum Gasteiger partial charge on any atom is -0.454 e. The molecule has 0 spiro atoms. The molecule has 2 atom stereocenters. The number of amides is 2. The minimum absolute atomic E-state index is 0.0561. The third-order valence-corrected chi connectivity index (χ3v) is 6.03. The van der Waals surface area contributed by atoms with E-state index < -0.39 is 24.2 Å². The molecule has 188 valence electrons. The van der Waals surface area contributed by atoms with Crippen LogP contribution in [-0.4, -0.2) is 34.6 Å². The number of benzene rings is 2. The van der Waals surface area contributed by atoms with Crippen LogP contribution >= 0.6 is 0 Å². The van der Waals surface area contributed by atoms with Gasteiger partial charge in [-0.25, -0.2) is 4.68 Å². The number of hydrogen-bond donors (Lipinski definition) is 3. The molecule has 0 fully saturated rings. The number of nitrogens with one attached hydrogen (secondary N) is 3. The van der Waals surface area contributed by atoms with Gasteiger partial charge in [-0.1, -0.05) is 12.1 Å². The average molecular weight is 501 g/mol. The smallest absolute Gasteiger partial charge is 0.410 e. The first-order valence-electron chi connectivity index (χ1n) is 11.1. The number of rotatable bonds is 4. The molecule has 3 N–H and O–H groups in total. The van der Waals surface area contributed by atoms with Gasteiger partial charge >= 0.3 is 6.18 Å². The van der Waals surface area contributed by atoms with Gasteiger partial charge < -0.3 is 25.4 Å². The molecule has 0 saturated heterocycles. The first-order chi connectivity index (χ1) is 17.1. The molecule has 9 nitrogen and oxygen atoms in total. The van der Waals surface area contributed by atoms with E-state index in [0.29, 0.717) is 28.4 Å². The van der Waals surface area contributed by atoms with Crippen molar-refractivity contribution in [3.8, 4) is 11.5 Å². The molecular weight excluding hydrogens is 479 g/mol. The Morgan fingerprint density at radius 3 is 2.61 bits per heavy atom. The predicted octanol–water partition coefficient (Wildman–Crippen LogP) is 4.79. The first kappa shape index (κ1) is 23.5. The Bertz CT molecular complexity index is 1350. The van der Waals surface area contributed by atoms with Crippen molar-refractivity contribution in [3.05, 3.63) is 59.3 Å². The van der Waals surface area contributed by atoms with E-state index in [1.54, 1.807) is 43.3 Å². The molecular formula is C24H22F3N5O4. The van der Waals surface area contributed by atoms with Gasteiger partial charge in [-0.3, -0.25) is 9.59 Å². The van der Waals surface area contributed by atoms with E-state index in [4.69, 9.17) is 9.47 Å². The largest absolute Gasteiger partial charge is 0.454 e. The number of halogens is 3.